The second-order valence-electron chi connectivity index (χ2n) is 4.93. The summed E-state index contributed by atoms with van der Waals surface area (Å²) in [5, 5.41) is 12.5. The van der Waals surface area contributed by atoms with Crippen molar-refractivity contribution in [3.8, 4) is 22.9 Å². The first kappa shape index (κ1) is 13.9. The van der Waals surface area contributed by atoms with Crippen LogP contribution in [0.5, 0.6) is 5.75 Å². The maximum absolute atomic E-state index is 8.84. The number of ether oxygens (including phenoxy) is 1. The van der Waals surface area contributed by atoms with Gasteiger partial charge in [0.2, 0.25) is 0 Å². The topological polar surface area (TPSA) is 57.9 Å². The van der Waals surface area contributed by atoms with Crippen LogP contribution in [0.2, 0.25) is 5.15 Å². The molecule has 1 saturated heterocycles. The van der Waals surface area contributed by atoms with Crippen molar-refractivity contribution in [2.24, 2.45) is 0 Å². The Morgan fingerprint density at radius 1 is 1.33 bits per heavy atom. The molecule has 3 rings (SSSR count). The van der Waals surface area contributed by atoms with E-state index in [4.69, 9.17) is 21.6 Å². The number of nitrogens with one attached hydrogen (secondary N) is 1. The van der Waals surface area contributed by atoms with E-state index in [1.807, 2.05) is 18.2 Å². The molecule has 1 aliphatic rings. The number of nitriles is 1. The van der Waals surface area contributed by atoms with E-state index in [1.165, 1.54) is 0 Å². The Bertz CT molecular complexity index is 673. The smallest absolute Gasteiger partial charge is 0.138 e. The lowest BCUT2D eigenvalue weighted by molar-refractivity contribution is 0.222. The van der Waals surface area contributed by atoms with Crippen molar-refractivity contribution in [1.82, 2.24) is 10.3 Å². The molecule has 21 heavy (non-hydrogen) atoms. The van der Waals surface area contributed by atoms with E-state index in [2.05, 4.69) is 16.4 Å². The second kappa shape index (κ2) is 6.13. The van der Waals surface area contributed by atoms with Gasteiger partial charge in [-0.25, -0.2) is 4.98 Å². The predicted octanol–water partition coefficient (Wildman–Crippen LogP) is 3.01. The summed E-state index contributed by atoms with van der Waals surface area (Å²) in [5.74, 6) is 0.715. The van der Waals surface area contributed by atoms with Gasteiger partial charge < -0.3 is 10.1 Å². The number of halogens is 1. The van der Waals surface area contributed by atoms with Crippen LogP contribution in [0.1, 0.15) is 12.0 Å². The first-order valence-corrected chi connectivity index (χ1v) is 7.17. The van der Waals surface area contributed by atoms with Crippen LogP contribution in [0.15, 0.2) is 36.5 Å². The minimum atomic E-state index is 0.182. The lowest BCUT2D eigenvalue weighted by Crippen LogP contribution is -2.19. The van der Waals surface area contributed by atoms with E-state index in [-0.39, 0.29) is 6.10 Å². The van der Waals surface area contributed by atoms with Crippen LogP contribution in [0.25, 0.3) is 11.1 Å². The number of aromatic nitrogens is 1. The van der Waals surface area contributed by atoms with Crippen LogP contribution in [-0.4, -0.2) is 24.2 Å². The fourth-order valence-electron chi connectivity index (χ4n) is 2.34. The predicted molar refractivity (Wildman–Crippen MR) is 81.3 cm³/mol. The van der Waals surface area contributed by atoms with Crippen molar-refractivity contribution in [3.05, 3.63) is 47.2 Å². The molecule has 1 aromatic heterocycles. The second-order valence-corrected chi connectivity index (χ2v) is 5.29. The van der Waals surface area contributed by atoms with Gasteiger partial charge >= 0.3 is 0 Å². The first-order valence-electron chi connectivity index (χ1n) is 6.80. The highest BCUT2D eigenvalue weighted by Gasteiger charge is 2.17. The summed E-state index contributed by atoms with van der Waals surface area (Å²) < 4.78 is 5.90. The molecular formula is C16H14ClN3O. The van der Waals surface area contributed by atoms with Gasteiger partial charge in [0.25, 0.3) is 0 Å². The molecule has 0 bridgehead atoms. The third-order valence-electron chi connectivity index (χ3n) is 3.46. The van der Waals surface area contributed by atoms with E-state index < -0.39 is 0 Å². The van der Waals surface area contributed by atoms with Gasteiger partial charge in [0.05, 0.1) is 17.8 Å². The van der Waals surface area contributed by atoms with E-state index in [1.54, 1.807) is 18.3 Å². The molecule has 5 heteroatoms. The summed E-state index contributed by atoms with van der Waals surface area (Å²) in [6, 6.07) is 11.3. The van der Waals surface area contributed by atoms with E-state index in [0.717, 1.165) is 30.6 Å². The molecule has 0 amide bonds. The third-order valence-corrected chi connectivity index (χ3v) is 3.76. The van der Waals surface area contributed by atoms with Crippen LogP contribution in [0.3, 0.4) is 0 Å². The lowest BCUT2D eigenvalue weighted by atomic mass is 10.1. The van der Waals surface area contributed by atoms with Crippen molar-refractivity contribution >= 4 is 11.6 Å². The van der Waals surface area contributed by atoms with Crippen LogP contribution in [-0.2, 0) is 0 Å². The summed E-state index contributed by atoms with van der Waals surface area (Å²) in [6.07, 6.45) is 2.82. The standard InChI is InChI=1S/C16H14ClN3O/c17-16-15(12-3-1-11(8-18)2-4-12)7-14(10-20-16)21-13-5-6-19-9-13/h1-4,7,10,13,19H,5-6,9H2/t13-/m1/s1. The molecule has 1 atom stereocenters. The van der Waals surface area contributed by atoms with E-state index >= 15 is 0 Å². The minimum Gasteiger partial charge on any atom is -0.487 e. The van der Waals surface area contributed by atoms with Crippen molar-refractivity contribution in [3.63, 3.8) is 0 Å². The van der Waals surface area contributed by atoms with E-state index in [9.17, 15) is 0 Å². The number of nitrogens with zero attached hydrogens (tertiary/aromatic N) is 2. The van der Waals surface area contributed by atoms with Crippen molar-refractivity contribution in [2.45, 2.75) is 12.5 Å². The molecule has 2 aromatic rings. The highest BCUT2D eigenvalue weighted by Crippen LogP contribution is 2.30. The highest BCUT2D eigenvalue weighted by molar-refractivity contribution is 6.32. The fraction of sp³-hybridized carbons (Fsp3) is 0.250. The molecule has 0 radical (unpaired) electrons. The number of pyridine rings is 1. The molecule has 106 valence electrons. The lowest BCUT2D eigenvalue weighted by Gasteiger charge is -2.13. The maximum atomic E-state index is 8.84. The molecular weight excluding hydrogens is 286 g/mol. The number of benzene rings is 1. The normalized spacial score (nSPS) is 17.4. The SMILES string of the molecule is N#Cc1ccc(-c2cc(O[C@@H]3CCNC3)cnc2Cl)cc1. The Balaban J connectivity index is 1.87. The molecule has 0 spiro atoms. The Kier molecular flexibility index (Phi) is 4.05. The third kappa shape index (κ3) is 3.15. The van der Waals surface area contributed by atoms with Crippen LogP contribution < -0.4 is 10.1 Å². The van der Waals surface area contributed by atoms with Crippen LogP contribution in [0.4, 0.5) is 0 Å². The van der Waals surface area contributed by atoms with E-state index in [0.29, 0.717) is 16.5 Å². The van der Waals surface area contributed by atoms with Crippen molar-refractivity contribution in [1.29, 1.82) is 5.26 Å². The highest BCUT2D eigenvalue weighted by atomic mass is 35.5. The maximum Gasteiger partial charge on any atom is 0.138 e. The van der Waals surface area contributed by atoms with Crippen molar-refractivity contribution < 1.29 is 4.74 Å². The molecule has 1 aliphatic heterocycles. The molecule has 2 heterocycles. The average Bonchev–Trinajstić information content (AvgIpc) is 3.02. The average molecular weight is 300 g/mol. The first-order chi connectivity index (χ1) is 10.3. The van der Waals surface area contributed by atoms with Gasteiger partial charge in [-0.15, -0.1) is 0 Å². The minimum absolute atomic E-state index is 0.182. The Labute approximate surface area is 128 Å². The Hall–Kier alpha value is -2.09. The number of rotatable bonds is 3. The van der Waals surface area contributed by atoms with Crippen molar-refractivity contribution in [2.75, 3.05) is 13.1 Å². The summed E-state index contributed by atoms with van der Waals surface area (Å²) in [5.41, 5.74) is 2.35. The Morgan fingerprint density at radius 3 is 2.81 bits per heavy atom. The fourth-order valence-corrected chi connectivity index (χ4v) is 2.55. The van der Waals surface area contributed by atoms with Crippen LogP contribution >= 0.6 is 11.6 Å². The van der Waals surface area contributed by atoms with Gasteiger partial charge in [-0.3, -0.25) is 0 Å². The number of hydrogen-bond donors (Lipinski definition) is 1. The zero-order chi connectivity index (χ0) is 14.7. The summed E-state index contributed by atoms with van der Waals surface area (Å²) >= 11 is 6.18. The van der Waals surface area contributed by atoms with Gasteiger partial charge in [-0.05, 0) is 36.7 Å². The van der Waals surface area contributed by atoms with Gasteiger partial charge in [0, 0.05) is 12.1 Å². The van der Waals surface area contributed by atoms with Crippen LogP contribution in [0, 0.1) is 11.3 Å². The van der Waals surface area contributed by atoms with Gasteiger partial charge in [-0.2, -0.15) is 5.26 Å². The van der Waals surface area contributed by atoms with Gasteiger partial charge in [-0.1, -0.05) is 23.7 Å². The molecule has 0 aliphatic carbocycles. The van der Waals surface area contributed by atoms with Gasteiger partial charge in [0.1, 0.15) is 17.0 Å². The molecule has 1 aromatic carbocycles. The molecule has 0 saturated carbocycles. The molecule has 4 nitrogen and oxygen atoms in total. The largest absolute Gasteiger partial charge is 0.487 e. The zero-order valence-corrected chi connectivity index (χ0v) is 12.1. The number of hydrogen-bond acceptors (Lipinski definition) is 4. The summed E-state index contributed by atoms with van der Waals surface area (Å²) in [7, 11) is 0. The molecule has 0 unspecified atom stereocenters. The zero-order valence-electron chi connectivity index (χ0n) is 11.3. The summed E-state index contributed by atoms with van der Waals surface area (Å²) in [6.45, 7) is 1.84. The molecule has 1 fully saturated rings. The Morgan fingerprint density at radius 2 is 2.14 bits per heavy atom. The molecule has 1 N–H and O–H groups in total. The summed E-state index contributed by atoms with van der Waals surface area (Å²) in [4.78, 5) is 4.20. The quantitative estimate of drug-likeness (QED) is 0.885. The van der Waals surface area contributed by atoms with Gasteiger partial charge in [0.15, 0.2) is 0 Å². The monoisotopic (exact) mass is 299 g/mol.